The molecule has 0 bridgehead atoms. The Balaban J connectivity index is 2.27. The van der Waals surface area contributed by atoms with Crippen molar-refractivity contribution in [2.24, 2.45) is 0 Å². The van der Waals surface area contributed by atoms with Gasteiger partial charge in [0.1, 0.15) is 5.75 Å². The second-order valence-corrected chi connectivity index (χ2v) is 4.44. The number of nitrogen functional groups attached to an aromatic ring is 1. The van der Waals surface area contributed by atoms with Crippen molar-refractivity contribution in [1.29, 1.82) is 0 Å². The molecule has 0 atom stereocenters. The van der Waals surface area contributed by atoms with E-state index in [2.05, 4.69) is 0 Å². The maximum absolute atomic E-state index is 6.02. The summed E-state index contributed by atoms with van der Waals surface area (Å²) in [6.45, 7) is 0. The maximum atomic E-state index is 6.02. The monoisotopic (exact) mass is 285 g/mol. The van der Waals surface area contributed by atoms with Gasteiger partial charge < -0.3 is 19.9 Å². The predicted molar refractivity (Wildman–Crippen MR) is 85.9 cm³/mol. The first kappa shape index (κ1) is 14.8. The van der Waals surface area contributed by atoms with Gasteiger partial charge in [-0.05, 0) is 23.8 Å². The van der Waals surface area contributed by atoms with E-state index >= 15 is 0 Å². The molecule has 0 fully saturated rings. The van der Waals surface area contributed by atoms with Crippen molar-refractivity contribution in [1.82, 2.24) is 0 Å². The van der Waals surface area contributed by atoms with Crippen molar-refractivity contribution >= 4 is 17.8 Å². The third-order valence-corrected chi connectivity index (χ3v) is 3.16. The molecule has 4 heteroatoms. The third kappa shape index (κ3) is 3.48. The Bertz CT molecular complexity index is 633. The summed E-state index contributed by atoms with van der Waals surface area (Å²) < 4.78 is 15.6. The fraction of sp³-hybridized carbons (Fsp3) is 0.176. The van der Waals surface area contributed by atoms with Gasteiger partial charge in [-0.3, -0.25) is 0 Å². The summed E-state index contributed by atoms with van der Waals surface area (Å²) in [5.41, 5.74) is 8.60. The number of anilines is 1. The second kappa shape index (κ2) is 6.70. The van der Waals surface area contributed by atoms with E-state index in [-0.39, 0.29) is 0 Å². The number of rotatable bonds is 5. The van der Waals surface area contributed by atoms with Crippen LogP contribution in [0.3, 0.4) is 0 Å². The number of hydrogen-bond donors (Lipinski definition) is 1. The summed E-state index contributed by atoms with van der Waals surface area (Å²) in [5.74, 6) is 2.11. The van der Waals surface area contributed by atoms with Crippen LogP contribution in [-0.4, -0.2) is 21.3 Å². The van der Waals surface area contributed by atoms with Gasteiger partial charge in [-0.25, -0.2) is 0 Å². The number of benzene rings is 2. The standard InChI is InChI=1S/C17H19NO3/c1-19-14-8-5-12(6-9-14)4-7-13-10-16(20-2)17(21-3)11-15(13)18/h4-11H,18H2,1-3H3/b7-4-. The van der Waals surface area contributed by atoms with Crippen LogP contribution in [0.2, 0.25) is 0 Å². The average molecular weight is 285 g/mol. The molecule has 2 N–H and O–H groups in total. The molecular weight excluding hydrogens is 266 g/mol. The third-order valence-electron chi connectivity index (χ3n) is 3.16. The van der Waals surface area contributed by atoms with Gasteiger partial charge in [0, 0.05) is 17.3 Å². The highest BCUT2D eigenvalue weighted by atomic mass is 16.5. The largest absolute Gasteiger partial charge is 0.497 e. The van der Waals surface area contributed by atoms with Gasteiger partial charge in [0.2, 0.25) is 0 Å². The molecule has 0 aliphatic heterocycles. The molecule has 0 heterocycles. The minimum absolute atomic E-state index is 0.622. The molecule has 4 nitrogen and oxygen atoms in total. The minimum Gasteiger partial charge on any atom is -0.497 e. The molecule has 110 valence electrons. The summed E-state index contributed by atoms with van der Waals surface area (Å²) in [4.78, 5) is 0. The first-order chi connectivity index (χ1) is 10.2. The smallest absolute Gasteiger partial charge is 0.162 e. The number of hydrogen-bond acceptors (Lipinski definition) is 4. The van der Waals surface area contributed by atoms with Crippen LogP contribution in [0.25, 0.3) is 12.2 Å². The lowest BCUT2D eigenvalue weighted by molar-refractivity contribution is 0.355. The molecule has 0 aliphatic carbocycles. The summed E-state index contributed by atoms with van der Waals surface area (Å²) in [6.07, 6.45) is 3.93. The molecule has 21 heavy (non-hydrogen) atoms. The normalized spacial score (nSPS) is 10.6. The first-order valence-corrected chi connectivity index (χ1v) is 6.51. The van der Waals surface area contributed by atoms with Crippen LogP contribution in [-0.2, 0) is 0 Å². The van der Waals surface area contributed by atoms with Crippen molar-refractivity contribution in [2.45, 2.75) is 0 Å². The van der Waals surface area contributed by atoms with Crippen LogP contribution in [0.15, 0.2) is 36.4 Å². The van der Waals surface area contributed by atoms with Crippen LogP contribution in [0, 0.1) is 0 Å². The van der Waals surface area contributed by atoms with E-state index in [1.807, 2.05) is 42.5 Å². The van der Waals surface area contributed by atoms with E-state index in [0.717, 1.165) is 16.9 Å². The predicted octanol–water partition coefficient (Wildman–Crippen LogP) is 3.47. The molecule has 0 radical (unpaired) electrons. The molecular formula is C17H19NO3. The summed E-state index contributed by atoms with van der Waals surface area (Å²) in [6, 6.07) is 11.4. The van der Waals surface area contributed by atoms with E-state index in [1.54, 1.807) is 27.4 Å². The molecule has 0 saturated carbocycles. The van der Waals surface area contributed by atoms with Gasteiger partial charge in [-0.2, -0.15) is 0 Å². The van der Waals surface area contributed by atoms with Crippen LogP contribution >= 0.6 is 0 Å². The topological polar surface area (TPSA) is 53.7 Å². The van der Waals surface area contributed by atoms with E-state index in [4.69, 9.17) is 19.9 Å². The van der Waals surface area contributed by atoms with Crippen molar-refractivity contribution < 1.29 is 14.2 Å². The molecule has 0 spiro atoms. The minimum atomic E-state index is 0.622. The SMILES string of the molecule is COc1ccc(/C=C\c2cc(OC)c(OC)cc2N)cc1. The zero-order valence-electron chi connectivity index (χ0n) is 12.4. The van der Waals surface area contributed by atoms with Gasteiger partial charge in [-0.1, -0.05) is 24.3 Å². The zero-order valence-corrected chi connectivity index (χ0v) is 12.4. The highest BCUT2D eigenvalue weighted by Gasteiger charge is 2.07. The Labute approximate surface area is 124 Å². The van der Waals surface area contributed by atoms with Crippen LogP contribution in [0.4, 0.5) is 5.69 Å². The Morgan fingerprint density at radius 3 is 2.00 bits per heavy atom. The van der Waals surface area contributed by atoms with E-state index in [0.29, 0.717) is 17.2 Å². The maximum Gasteiger partial charge on any atom is 0.162 e. The van der Waals surface area contributed by atoms with Gasteiger partial charge in [0.15, 0.2) is 11.5 Å². The fourth-order valence-electron chi connectivity index (χ4n) is 1.96. The van der Waals surface area contributed by atoms with Crippen molar-refractivity contribution in [3.8, 4) is 17.2 Å². The zero-order chi connectivity index (χ0) is 15.2. The van der Waals surface area contributed by atoms with Crippen molar-refractivity contribution in [3.05, 3.63) is 47.5 Å². The van der Waals surface area contributed by atoms with Crippen molar-refractivity contribution in [3.63, 3.8) is 0 Å². The quantitative estimate of drug-likeness (QED) is 0.675. The number of methoxy groups -OCH3 is 3. The van der Waals surface area contributed by atoms with E-state index in [9.17, 15) is 0 Å². The van der Waals surface area contributed by atoms with E-state index in [1.165, 1.54) is 0 Å². The molecule has 0 saturated heterocycles. The Kier molecular flexibility index (Phi) is 4.72. The molecule has 2 aromatic carbocycles. The number of ether oxygens (including phenoxy) is 3. The lowest BCUT2D eigenvalue weighted by Gasteiger charge is -2.10. The second-order valence-electron chi connectivity index (χ2n) is 4.44. The van der Waals surface area contributed by atoms with Gasteiger partial charge in [-0.15, -0.1) is 0 Å². The molecule has 0 amide bonds. The molecule has 0 aliphatic rings. The van der Waals surface area contributed by atoms with Crippen LogP contribution < -0.4 is 19.9 Å². The molecule has 0 aromatic heterocycles. The average Bonchev–Trinajstić information content (AvgIpc) is 2.53. The highest BCUT2D eigenvalue weighted by Crippen LogP contribution is 2.32. The fourth-order valence-corrected chi connectivity index (χ4v) is 1.96. The number of nitrogens with two attached hydrogens (primary N) is 1. The lowest BCUT2D eigenvalue weighted by atomic mass is 10.1. The van der Waals surface area contributed by atoms with Crippen LogP contribution in [0.1, 0.15) is 11.1 Å². The Morgan fingerprint density at radius 2 is 1.43 bits per heavy atom. The van der Waals surface area contributed by atoms with Crippen molar-refractivity contribution in [2.75, 3.05) is 27.1 Å². The summed E-state index contributed by atoms with van der Waals surface area (Å²) >= 11 is 0. The lowest BCUT2D eigenvalue weighted by Crippen LogP contribution is -1.95. The van der Waals surface area contributed by atoms with Gasteiger partial charge in [0.05, 0.1) is 21.3 Å². The molecule has 2 aromatic rings. The van der Waals surface area contributed by atoms with Gasteiger partial charge >= 0.3 is 0 Å². The highest BCUT2D eigenvalue weighted by molar-refractivity contribution is 5.78. The summed E-state index contributed by atoms with van der Waals surface area (Å²) in [7, 11) is 4.84. The molecule has 2 rings (SSSR count). The first-order valence-electron chi connectivity index (χ1n) is 6.51. The summed E-state index contributed by atoms with van der Waals surface area (Å²) in [5, 5.41) is 0. The Hall–Kier alpha value is -2.62. The molecule has 0 unspecified atom stereocenters. The Morgan fingerprint density at radius 1 is 0.810 bits per heavy atom. The van der Waals surface area contributed by atoms with Gasteiger partial charge in [0.25, 0.3) is 0 Å². The van der Waals surface area contributed by atoms with E-state index < -0.39 is 0 Å². The van der Waals surface area contributed by atoms with Crippen LogP contribution in [0.5, 0.6) is 17.2 Å².